The van der Waals surface area contributed by atoms with E-state index in [1.54, 1.807) is 0 Å². The molecule has 0 aromatic heterocycles. The van der Waals surface area contributed by atoms with Crippen molar-refractivity contribution in [1.82, 2.24) is 0 Å². The van der Waals surface area contributed by atoms with E-state index in [0.29, 0.717) is 0 Å². The third kappa shape index (κ3) is 7.10. The first-order chi connectivity index (χ1) is 35.7. The standard InChI is InChI=1S/C70H50Si2/c1-7-27-57(28-8-1)71(58-29-9-2-10-30-58,59-31-11-3-12-32-59)63-43-45-65-67(49-63)69(55-41-39-51-23-19-21-25-53(51)47-55)66-46-44-64(50-68(66)70(65)56-42-40-52-24-20-22-26-54(52)48-56)72(60-33-13-4-14-34-60,61-35-15-5-16-36-61)62-37-17-6-18-38-62/h1-50H. The lowest BCUT2D eigenvalue weighted by molar-refractivity contribution is 1.66. The molecule has 0 bridgehead atoms. The summed E-state index contributed by atoms with van der Waals surface area (Å²) in [6, 6.07) is 115. The van der Waals surface area contributed by atoms with Crippen molar-refractivity contribution in [3.8, 4) is 22.3 Å². The van der Waals surface area contributed by atoms with E-state index in [4.69, 9.17) is 0 Å². The van der Waals surface area contributed by atoms with Gasteiger partial charge in [0.05, 0.1) is 0 Å². The molecule has 13 aromatic rings. The van der Waals surface area contributed by atoms with Gasteiger partial charge in [0.2, 0.25) is 0 Å². The van der Waals surface area contributed by atoms with Crippen molar-refractivity contribution < 1.29 is 0 Å². The summed E-state index contributed by atoms with van der Waals surface area (Å²) in [4.78, 5) is 0. The second-order valence-corrected chi connectivity index (χ2v) is 26.7. The number of rotatable bonds is 10. The maximum absolute atomic E-state index is 2.93. The molecular formula is C70H50Si2. The Hall–Kier alpha value is -8.67. The molecule has 0 amide bonds. The molecule has 13 rings (SSSR count). The van der Waals surface area contributed by atoms with Gasteiger partial charge in [0, 0.05) is 0 Å². The lowest BCUT2D eigenvalue weighted by Gasteiger charge is -2.35. The monoisotopic (exact) mass is 946 g/mol. The van der Waals surface area contributed by atoms with Crippen molar-refractivity contribution in [3.63, 3.8) is 0 Å². The summed E-state index contributed by atoms with van der Waals surface area (Å²) in [5, 5.41) is 20.8. The first-order valence-electron chi connectivity index (χ1n) is 25.1. The van der Waals surface area contributed by atoms with Crippen LogP contribution in [0.2, 0.25) is 0 Å². The van der Waals surface area contributed by atoms with Crippen molar-refractivity contribution in [2.24, 2.45) is 0 Å². The summed E-state index contributed by atoms with van der Waals surface area (Å²) in [5.41, 5.74) is 4.94. The number of hydrogen-bond acceptors (Lipinski definition) is 0. The molecule has 0 aliphatic heterocycles. The van der Waals surface area contributed by atoms with Crippen LogP contribution in [0.25, 0.3) is 65.3 Å². The van der Waals surface area contributed by atoms with Gasteiger partial charge in [0.15, 0.2) is 16.1 Å². The van der Waals surface area contributed by atoms with Gasteiger partial charge in [-0.2, -0.15) is 0 Å². The molecule has 0 aliphatic rings. The average molecular weight is 947 g/mol. The highest BCUT2D eigenvalue weighted by molar-refractivity contribution is 7.20. The van der Waals surface area contributed by atoms with Gasteiger partial charge in [0.25, 0.3) is 0 Å². The van der Waals surface area contributed by atoms with Gasteiger partial charge in [-0.1, -0.05) is 291 Å². The molecule has 0 nitrogen and oxygen atoms in total. The average Bonchev–Trinajstić information content (AvgIpc) is 3.46. The molecule has 0 N–H and O–H groups in total. The lowest BCUT2D eigenvalue weighted by Crippen LogP contribution is -2.74. The Morgan fingerprint density at radius 2 is 0.431 bits per heavy atom. The smallest absolute Gasteiger partial charge is 0.0623 e. The zero-order valence-corrected chi connectivity index (χ0v) is 41.9. The van der Waals surface area contributed by atoms with Crippen molar-refractivity contribution >= 4 is 101 Å². The normalized spacial score (nSPS) is 11.9. The molecule has 2 heteroatoms. The third-order valence-electron chi connectivity index (χ3n) is 15.3. The number of benzene rings is 13. The van der Waals surface area contributed by atoms with Gasteiger partial charge in [-0.05, 0) is 119 Å². The molecule has 0 saturated carbocycles. The van der Waals surface area contributed by atoms with E-state index in [9.17, 15) is 0 Å². The van der Waals surface area contributed by atoms with E-state index in [1.807, 2.05) is 0 Å². The van der Waals surface area contributed by atoms with Crippen LogP contribution in [0.5, 0.6) is 0 Å². The van der Waals surface area contributed by atoms with Crippen LogP contribution >= 0.6 is 0 Å². The molecule has 0 heterocycles. The van der Waals surface area contributed by atoms with E-state index < -0.39 is 16.1 Å². The fourth-order valence-electron chi connectivity index (χ4n) is 12.1. The van der Waals surface area contributed by atoms with E-state index in [0.717, 1.165) is 0 Å². The molecule has 0 radical (unpaired) electrons. The van der Waals surface area contributed by atoms with Gasteiger partial charge in [-0.3, -0.25) is 0 Å². The molecule has 0 saturated heterocycles. The largest absolute Gasteiger partial charge is 0.179 e. The van der Waals surface area contributed by atoms with Crippen LogP contribution in [0.15, 0.2) is 303 Å². The predicted octanol–water partition coefficient (Wildman–Crippen LogP) is 12.4. The van der Waals surface area contributed by atoms with Gasteiger partial charge in [0.1, 0.15) is 0 Å². The SMILES string of the molecule is c1ccc([Si](c2ccccc2)(c2ccccc2)c2ccc3c(-c4ccc5ccccc5c4)c4cc([Si](c5ccccc5)(c5ccccc5)c5ccccc5)ccc4c(-c4ccc5ccccc5c4)c3c2)cc1. The highest BCUT2D eigenvalue weighted by Crippen LogP contribution is 2.45. The van der Waals surface area contributed by atoms with Crippen LogP contribution in [0.3, 0.4) is 0 Å². The highest BCUT2D eigenvalue weighted by Gasteiger charge is 2.43. The first kappa shape index (κ1) is 43.4. The Morgan fingerprint density at radius 3 is 0.722 bits per heavy atom. The lowest BCUT2D eigenvalue weighted by atomic mass is 9.85. The zero-order valence-electron chi connectivity index (χ0n) is 39.9. The van der Waals surface area contributed by atoms with E-state index in [-0.39, 0.29) is 0 Å². The van der Waals surface area contributed by atoms with E-state index in [2.05, 4.69) is 303 Å². The Labute approximate surface area is 423 Å². The Kier molecular flexibility index (Phi) is 11.0. The van der Waals surface area contributed by atoms with E-state index in [1.165, 1.54) is 107 Å². The molecule has 0 spiro atoms. The maximum Gasteiger partial charge on any atom is 0.179 e. The fourth-order valence-corrected chi connectivity index (χ4v) is 21.7. The van der Waals surface area contributed by atoms with Gasteiger partial charge in [-0.15, -0.1) is 0 Å². The van der Waals surface area contributed by atoms with Crippen LogP contribution in [0.1, 0.15) is 0 Å². The van der Waals surface area contributed by atoms with Crippen LogP contribution in [0.4, 0.5) is 0 Å². The second kappa shape index (κ2) is 18.3. The minimum absolute atomic E-state index is 1.21. The Bertz CT molecular complexity index is 3600. The van der Waals surface area contributed by atoms with Gasteiger partial charge < -0.3 is 0 Å². The molecule has 338 valence electrons. The summed E-state index contributed by atoms with van der Waals surface area (Å²) < 4.78 is 0. The number of hydrogen-bond donors (Lipinski definition) is 0. The van der Waals surface area contributed by atoms with Crippen molar-refractivity contribution in [2.45, 2.75) is 0 Å². The molecule has 0 unspecified atom stereocenters. The minimum Gasteiger partial charge on any atom is -0.0623 e. The molecule has 0 aliphatic carbocycles. The molecular weight excluding hydrogens is 897 g/mol. The van der Waals surface area contributed by atoms with Crippen molar-refractivity contribution in [3.05, 3.63) is 303 Å². The van der Waals surface area contributed by atoms with Crippen molar-refractivity contribution in [1.29, 1.82) is 0 Å². The molecule has 0 atom stereocenters. The van der Waals surface area contributed by atoms with Crippen LogP contribution < -0.4 is 41.5 Å². The topological polar surface area (TPSA) is 0 Å². The highest BCUT2D eigenvalue weighted by atomic mass is 28.3. The van der Waals surface area contributed by atoms with Crippen LogP contribution in [0, 0.1) is 0 Å². The second-order valence-electron chi connectivity index (χ2n) is 19.1. The fraction of sp³-hybridized carbons (Fsp3) is 0. The summed E-state index contributed by atoms with van der Waals surface area (Å²) in [6.07, 6.45) is 0. The molecule has 0 fully saturated rings. The Morgan fingerprint density at radius 1 is 0.167 bits per heavy atom. The predicted molar refractivity (Wildman–Crippen MR) is 315 cm³/mol. The molecule has 13 aromatic carbocycles. The van der Waals surface area contributed by atoms with Crippen molar-refractivity contribution in [2.75, 3.05) is 0 Å². The summed E-state index contributed by atoms with van der Waals surface area (Å²) in [5.74, 6) is 0. The molecule has 72 heavy (non-hydrogen) atoms. The quantitative estimate of drug-likeness (QED) is 0.0728. The van der Waals surface area contributed by atoms with Gasteiger partial charge in [-0.25, -0.2) is 0 Å². The number of fused-ring (bicyclic) bond motifs is 4. The van der Waals surface area contributed by atoms with Gasteiger partial charge >= 0.3 is 0 Å². The third-order valence-corrected chi connectivity index (χ3v) is 24.8. The summed E-state index contributed by atoms with van der Waals surface area (Å²) in [6.45, 7) is 0. The zero-order chi connectivity index (χ0) is 47.9. The van der Waals surface area contributed by atoms with Crippen LogP contribution in [-0.2, 0) is 0 Å². The maximum atomic E-state index is 2.61. The summed E-state index contributed by atoms with van der Waals surface area (Å²) >= 11 is 0. The van der Waals surface area contributed by atoms with Crippen LogP contribution in [-0.4, -0.2) is 16.1 Å². The summed E-state index contributed by atoms with van der Waals surface area (Å²) in [7, 11) is -5.85. The first-order valence-corrected chi connectivity index (χ1v) is 29.1. The van der Waals surface area contributed by atoms with E-state index >= 15 is 0 Å². The Balaban J connectivity index is 1.22. The minimum atomic E-state index is -2.93.